The molecule has 2 heterocycles. The van der Waals surface area contributed by atoms with E-state index in [0.717, 1.165) is 34.0 Å². The Kier molecular flexibility index (Phi) is 5.26. The van der Waals surface area contributed by atoms with Crippen molar-refractivity contribution < 1.29 is 4.79 Å². The standard InChI is InChI=1S/C27H25N5O/c1-17-12-13-20(16-18(17)2)32-22-11-7-6-10-21(22)23-24(28)30-25(31-26(23)32)27(33)29-15-14-19-8-4-3-5-9-19/h3-13,16H,14-15H2,1-2H3,(H,29,33)(H2,28,30,31). The number of nitrogens with two attached hydrogens (primary N) is 1. The molecule has 0 radical (unpaired) electrons. The summed E-state index contributed by atoms with van der Waals surface area (Å²) in [6.45, 7) is 4.66. The summed E-state index contributed by atoms with van der Waals surface area (Å²) in [6, 6.07) is 24.3. The molecule has 0 unspecified atom stereocenters. The van der Waals surface area contributed by atoms with Crippen molar-refractivity contribution in [3.63, 3.8) is 0 Å². The Balaban J connectivity index is 1.57. The van der Waals surface area contributed by atoms with Crippen LogP contribution in [0.3, 0.4) is 0 Å². The van der Waals surface area contributed by atoms with E-state index in [1.54, 1.807) is 0 Å². The van der Waals surface area contributed by atoms with Gasteiger partial charge >= 0.3 is 0 Å². The van der Waals surface area contributed by atoms with Crippen LogP contribution in [0.25, 0.3) is 27.6 Å². The van der Waals surface area contributed by atoms with Crippen LogP contribution in [-0.4, -0.2) is 27.0 Å². The Morgan fingerprint density at radius 3 is 2.48 bits per heavy atom. The number of hydrogen-bond donors (Lipinski definition) is 2. The molecule has 1 amide bonds. The lowest BCUT2D eigenvalue weighted by molar-refractivity contribution is 0.0944. The van der Waals surface area contributed by atoms with Gasteiger partial charge in [0, 0.05) is 17.6 Å². The third kappa shape index (κ3) is 3.80. The number of carbonyl (C=O) groups excluding carboxylic acids is 1. The fourth-order valence-electron chi connectivity index (χ4n) is 4.15. The SMILES string of the molecule is Cc1ccc(-n2c3ccccc3c3c(N)nc(C(=O)NCCc4ccccc4)nc32)cc1C. The first-order valence-electron chi connectivity index (χ1n) is 11.0. The number of aryl methyl sites for hydroxylation is 2. The zero-order valence-corrected chi connectivity index (χ0v) is 18.7. The maximum atomic E-state index is 12.9. The van der Waals surface area contributed by atoms with E-state index in [2.05, 4.69) is 51.9 Å². The molecule has 164 valence electrons. The van der Waals surface area contributed by atoms with Gasteiger partial charge < -0.3 is 11.1 Å². The van der Waals surface area contributed by atoms with Crippen molar-refractivity contribution in [3.8, 4) is 5.69 Å². The van der Waals surface area contributed by atoms with Crippen LogP contribution in [0.2, 0.25) is 0 Å². The molecule has 5 rings (SSSR count). The summed E-state index contributed by atoms with van der Waals surface area (Å²) in [7, 11) is 0. The number of nitrogens with one attached hydrogen (secondary N) is 1. The molecule has 6 nitrogen and oxygen atoms in total. The Bertz CT molecular complexity index is 1490. The lowest BCUT2D eigenvalue weighted by Crippen LogP contribution is -2.28. The van der Waals surface area contributed by atoms with Crippen LogP contribution in [0.5, 0.6) is 0 Å². The summed E-state index contributed by atoms with van der Waals surface area (Å²) in [4.78, 5) is 21.9. The Morgan fingerprint density at radius 2 is 1.70 bits per heavy atom. The highest BCUT2D eigenvalue weighted by Crippen LogP contribution is 2.34. The maximum Gasteiger partial charge on any atom is 0.289 e. The highest BCUT2D eigenvalue weighted by Gasteiger charge is 2.20. The number of nitrogens with zero attached hydrogens (tertiary/aromatic N) is 3. The number of amides is 1. The molecule has 0 aliphatic rings. The molecule has 0 fully saturated rings. The molecule has 0 spiro atoms. The predicted molar refractivity (Wildman–Crippen MR) is 133 cm³/mol. The van der Waals surface area contributed by atoms with Crippen LogP contribution in [-0.2, 0) is 6.42 Å². The van der Waals surface area contributed by atoms with Gasteiger partial charge in [0.05, 0.1) is 10.9 Å². The fourth-order valence-corrected chi connectivity index (χ4v) is 4.15. The number of anilines is 1. The van der Waals surface area contributed by atoms with Gasteiger partial charge in [-0.15, -0.1) is 0 Å². The zero-order chi connectivity index (χ0) is 22.9. The van der Waals surface area contributed by atoms with E-state index < -0.39 is 0 Å². The van der Waals surface area contributed by atoms with Gasteiger partial charge in [-0.3, -0.25) is 9.36 Å². The molecule has 0 aliphatic carbocycles. The molecule has 0 saturated carbocycles. The number of nitrogen functional groups attached to an aromatic ring is 1. The van der Waals surface area contributed by atoms with Gasteiger partial charge in [0.15, 0.2) is 5.65 Å². The van der Waals surface area contributed by atoms with Crippen molar-refractivity contribution in [2.45, 2.75) is 20.3 Å². The van der Waals surface area contributed by atoms with Crippen molar-refractivity contribution in [3.05, 3.63) is 95.3 Å². The number of benzene rings is 3. The number of rotatable bonds is 5. The number of para-hydroxylation sites is 1. The average Bonchev–Trinajstić information content (AvgIpc) is 3.16. The molecule has 33 heavy (non-hydrogen) atoms. The minimum atomic E-state index is -0.337. The van der Waals surface area contributed by atoms with E-state index in [1.165, 1.54) is 11.1 Å². The number of hydrogen-bond acceptors (Lipinski definition) is 4. The van der Waals surface area contributed by atoms with Crippen molar-refractivity contribution >= 4 is 33.7 Å². The highest BCUT2D eigenvalue weighted by molar-refractivity contribution is 6.13. The topological polar surface area (TPSA) is 85.8 Å². The summed E-state index contributed by atoms with van der Waals surface area (Å²) < 4.78 is 2.05. The Hall–Kier alpha value is -4.19. The molecule has 2 aromatic heterocycles. The van der Waals surface area contributed by atoms with Gasteiger partial charge in [0.1, 0.15) is 5.82 Å². The van der Waals surface area contributed by atoms with Crippen LogP contribution < -0.4 is 11.1 Å². The largest absolute Gasteiger partial charge is 0.383 e. The van der Waals surface area contributed by atoms with Crippen LogP contribution in [0.15, 0.2) is 72.8 Å². The fraction of sp³-hybridized carbons (Fsp3) is 0.148. The maximum absolute atomic E-state index is 12.9. The lowest BCUT2D eigenvalue weighted by atomic mass is 10.1. The molecule has 0 atom stereocenters. The minimum absolute atomic E-state index is 0.0703. The second-order valence-electron chi connectivity index (χ2n) is 8.24. The average molecular weight is 436 g/mol. The summed E-state index contributed by atoms with van der Waals surface area (Å²) >= 11 is 0. The quantitative estimate of drug-likeness (QED) is 0.417. The van der Waals surface area contributed by atoms with Gasteiger partial charge in [-0.05, 0) is 55.2 Å². The third-order valence-electron chi connectivity index (χ3n) is 6.04. The normalized spacial score (nSPS) is 11.2. The molecule has 0 bridgehead atoms. The van der Waals surface area contributed by atoms with Crippen LogP contribution >= 0.6 is 0 Å². The number of carbonyl (C=O) groups is 1. The second kappa shape index (κ2) is 8.39. The van der Waals surface area contributed by atoms with E-state index in [9.17, 15) is 4.79 Å². The Labute approximate surface area is 192 Å². The molecule has 0 saturated heterocycles. The number of fused-ring (bicyclic) bond motifs is 3. The summed E-state index contributed by atoms with van der Waals surface area (Å²) in [5.41, 5.74) is 12.5. The summed E-state index contributed by atoms with van der Waals surface area (Å²) in [5, 5.41) is 4.63. The van der Waals surface area contributed by atoms with Gasteiger partial charge in [-0.1, -0.05) is 54.6 Å². The van der Waals surface area contributed by atoms with Crippen LogP contribution in [0.1, 0.15) is 27.3 Å². The zero-order valence-electron chi connectivity index (χ0n) is 18.7. The first kappa shape index (κ1) is 20.7. The molecule has 3 N–H and O–H groups in total. The van der Waals surface area contributed by atoms with Crippen LogP contribution in [0, 0.1) is 13.8 Å². The van der Waals surface area contributed by atoms with E-state index >= 15 is 0 Å². The van der Waals surface area contributed by atoms with E-state index in [-0.39, 0.29) is 11.7 Å². The Morgan fingerprint density at radius 1 is 0.939 bits per heavy atom. The minimum Gasteiger partial charge on any atom is -0.383 e. The van der Waals surface area contributed by atoms with Gasteiger partial charge in [0.2, 0.25) is 5.82 Å². The lowest BCUT2D eigenvalue weighted by Gasteiger charge is -2.10. The summed E-state index contributed by atoms with van der Waals surface area (Å²) in [6.07, 6.45) is 0.729. The molecule has 3 aromatic carbocycles. The molecular formula is C27H25N5O. The van der Waals surface area contributed by atoms with Gasteiger partial charge in [-0.25, -0.2) is 9.97 Å². The number of aromatic nitrogens is 3. The first-order valence-corrected chi connectivity index (χ1v) is 11.0. The van der Waals surface area contributed by atoms with Crippen molar-refractivity contribution in [2.24, 2.45) is 0 Å². The van der Waals surface area contributed by atoms with E-state index in [4.69, 9.17) is 5.73 Å². The second-order valence-corrected chi connectivity index (χ2v) is 8.24. The monoisotopic (exact) mass is 435 g/mol. The van der Waals surface area contributed by atoms with Gasteiger partial charge in [-0.2, -0.15) is 0 Å². The van der Waals surface area contributed by atoms with E-state index in [0.29, 0.717) is 18.0 Å². The van der Waals surface area contributed by atoms with Crippen molar-refractivity contribution in [1.29, 1.82) is 0 Å². The van der Waals surface area contributed by atoms with Crippen LogP contribution in [0.4, 0.5) is 5.82 Å². The predicted octanol–water partition coefficient (Wildman–Crippen LogP) is 4.75. The van der Waals surface area contributed by atoms with Gasteiger partial charge in [0.25, 0.3) is 5.91 Å². The van der Waals surface area contributed by atoms with Crippen molar-refractivity contribution in [2.75, 3.05) is 12.3 Å². The molecular weight excluding hydrogens is 410 g/mol. The highest BCUT2D eigenvalue weighted by atomic mass is 16.2. The third-order valence-corrected chi connectivity index (χ3v) is 6.04. The molecule has 6 heteroatoms. The first-order chi connectivity index (χ1) is 16.0. The van der Waals surface area contributed by atoms with Crippen molar-refractivity contribution in [1.82, 2.24) is 19.9 Å². The molecule has 5 aromatic rings. The molecule has 0 aliphatic heterocycles. The van der Waals surface area contributed by atoms with E-state index in [1.807, 2.05) is 54.6 Å². The summed E-state index contributed by atoms with van der Waals surface area (Å²) in [5.74, 6) is 0.0318. The smallest absolute Gasteiger partial charge is 0.289 e.